The second-order valence-corrected chi connectivity index (χ2v) is 4.88. The maximum absolute atomic E-state index is 13.6. The molecule has 1 aromatic carbocycles. The molecule has 3 heteroatoms. The summed E-state index contributed by atoms with van der Waals surface area (Å²) in [5.41, 5.74) is 1.21. The summed E-state index contributed by atoms with van der Waals surface area (Å²) < 4.78 is 18.5. The van der Waals surface area contributed by atoms with Gasteiger partial charge < -0.3 is 10.1 Å². The first-order chi connectivity index (χ1) is 8.19. The summed E-state index contributed by atoms with van der Waals surface area (Å²) in [6.45, 7) is 0. The van der Waals surface area contributed by atoms with Gasteiger partial charge in [0.15, 0.2) is 11.6 Å². The van der Waals surface area contributed by atoms with E-state index < -0.39 is 0 Å². The predicted molar refractivity (Wildman–Crippen MR) is 66.9 cm³/mol. The molecule has 1 aliphatic rings. The van der Waals surface area contributed by atoms with E-state index in [0.29, 0.717) is 5.75 Å². The topological polar surface area (TPSA) is 21.3 Å². The van der Waals surface area contributed by atoms with E-state index in [1.165, 1.54) is 32.8 Å². The average Bonchev–Trinajstić information content (AvgIpc) is 2.79. The van der Waals surface area contributed by atoms with E-state index >= 15 is 0 Å². The highest BCUT2D eigenvalue weighted by Crippen LogP contribution is 2.33. The molecule has 1 aromatic rings. The number of benzene rings is 1. The molecule has 0 atom stereocenters. The molecule has 0 aliphatic heterocycles. The van der Waals surface area contributed by atoms with Crippen LogP contribution in [-0.2, 0) is 6.42 Å². The third kappa shape index (κ3) is 2.60. The molecule has 0 amide bonds. The van der Waals surface area contributed by atoms with Crippen molar-refractivity contribution in [3.05, 3.63) is 29.6 Å². The van der Waals surface area contributed by atoms with Crippen molar-refractivity contribution in [1.82, 2.24) is 5.32 Å². The molecule has 1 N–H and O–H groups in total. The summed E-state index contributed by atoms with van der Waals surface area (Å²) >= 11 is 0. The SMILES string of the molecule is CNC1(Cc2ccc(OC)c(F)c2)CCCC1. The quantitative estimate of drug-likeness (QED) is 0.869. The monoisotopic (exact) mass is 237 g/mol. The van der Waals surface area contributed by atoms with Crippen LogP contribution in [0.25, 0.3) is 0 Å². The van der Waals surface area contributed by atoms with Gasteiger partial charge in [0, 0.05) is 5.54 Å². The van der Waals surface area contributed by atoms with Gasteiger partial charge in [0.2, 0.25) is 0 Å². The highest BCUT2D eigenvalue weighted by molar-refractivity contribution is 5.30. The van der Waals surface area contributed by atoms with E-state index in [1.54, 1.807) is 12.1 Å². The number of rotatable bonds is 4. The molecule has 94 valence electrons. The minimum Gasteiger partial charge on any atom is -0.494 e. The highest BCUT2D eigenvalue weighted by atomic mass is 19.1. The number of hydrogen-bond donors (Lipinski definition) is 1. The molecule has 0 spiro atoms. The van der Waals surface area contributed by atoms with Crippen LogP contribution in [-0.4, -0.2) is 19.7 Å². The molecular formula is C14H20FNO. The molecule has 1 fully saturated rings. The average molecular weight is 237 g/mol. The normalized spacial score (nSPS) is 18.3. The minimum absolute atomic E-state index is 0.168. The Balaban J connectivity index is 2.15. The highest BCUT2D eigenvalue weighted by Gasteiger charge is 2.32. The van der Waals surface area contributed by atoms with Crippen molar-refractivity contribution in [2.75, 3.05) is 14.2 Å². The van der Waals surface area contributed by atoms with Crippen molar-refractivity contribution < 1.29 is 9.13 Å². The van der Waals surface area contributed by atoms with Crippen LogP contribution in [0.1, 0.15) is 31.2 Å². The fraction of sp³-hybridized carbons (Fsp3) is 0.571. The predicted octanol–water partition coefficient (Wildman–Crippen LogP) is 2.91. The van der Waals surface area contributed by atoms with E-state index in [4.69, 9.17) is 4.74 Å². The number of nitrogens with one attached hydrogen (secondary N) is 1. The molecule has 0 saturated heterocycles. The van der Waals surface area contributed by atoms with Crippen LogP contribution in [0, 0.1) is 5.82 Å². The van der Waals surface area contributed by atoms with E-state index in [-0.39, 0.29) is 11.4 Å². The van der Waals surface area contributed by atoms with Gasteiger partial charge in [-0.2, -0.15) is 0 Å². The lowest BCUT2D eigenvalue weighted by molar-refractivity contribution is 0.354. The molecule has 2 rings (SSSR count). The first-order valence-corrected chi connectivity index (χ1v) is 6.20. The maximum atomic E-state index is 13.6. The van der Waals surface area contributed by atoms with Crippen molar-refractivity contribution in [3.63, 3.8) is 0 Å². The number of methoxy groups -OCH3 is 1. The number of halogens is 1. The Morgan fingerprint density at radius 1 is 1.35 bits per heavy atom. The number of likely N-dealkylation sites (N-methyl/N-ethyl adjacent to an activating group) is 1. The van der Waals surface area contributed by atoms with Crippen molar-refractivity contribution >= 4 is 0 Å². The Labute approximate surface area is 102 Å². The Hall–Kier alpha value is -1.09. The summed E-state index contributed by atoms with van der Waals surface area (Å²) in [4.78, 5) is 0. The van der Waals surface area contributed by atoms with Gasteiger partial charge >= 0.3 is 0 Å². The van der Waals surface area contributed by atoms with Crippen molar-refractivity contribution in [2.24, 2.45) is 0 Å². The Kier molecular flexibility index (Phi) is 3.67. The van der Waals surface area contributed by atoms with Crippen LogP contribution in [0.15, 0.2) is 18.2 Å². The molecule has 0 radical (unpaired) electrons. The lowest BCUT2D eigenvalue weighted by Gasteiger charge is -2.28. The minimum atomic E-state index is -0.269. The first kappa shape index (κ1) is 12.4. The van der Waals surface area contributed by atoms with Crippen LogP contribution in [0.4, 0.5) is 4.39 Å². The molecule has 17 heavy (non-hydrogen) atoms. The lowest BCUT2D eigenvalue weighted by atomic mass is 9.89. The number of ether oxygens (including phenoxy) is 1. The zero-order valence-corrected chi connectivity index (χ0v) is 10.6. The van der Waals surface area contributed by atoms with Gasteiger partial charge in [-0.25, -0.2) is 4.39 Å². The van der Waals surface area contributed by atoms with Crippen LogP contribution in [0.2, 0.25) is 0 Å². The Bertz CT molecular complexity index is 386. The molecule has 0 bridgehead atoms. The van der Waals surface area contributed by atoms with Crippen LogP contribution >= 0.6 is 0 Å². The van der Waals surface area contributed by atoms with Gasteiger partial charge in [-0.15, -0.1) is 0 Å². The summed E-state index contributed by atoms with van der Waals surface area (Å²) in [6, 6.07) is 5.26. The summed E-state index contributed by atoms with van der Waals surface area (Å²) in [6.07, 6.45) is 5.78. The zero-order chi connectivity index (χ0) is 12.3. The third-order valence-corrected chi connectivity index (χ3v) is 3.85. The van der Waals surface area contributed by atoms with E-state index in [9.17, 15) is 4.39 Å². The zero-order valence-electron chi connectivity index (χ0n) is 10.6. The Morgan fingerprint density at radius 2 is 2.06 bits per heavy atom. The smallest absolute Gasteiger partial charge is 0.165 e. The lowest BCUT2D eigenvalue weighted by Crippen LogP contribution is -2.42. The summed E-state index contributed by atoms with van der Waals surface area (Å²) in [5.74, 6) is 0.0490. The molecule has 1 aliphatic carbocycles. The van der Waals surface area contributed by atoms with Gasteiger partial charge in [-0.3, -0.25) is 0 Å². The van der Waals surface area contributed by atoms with Crippen LogP contribution < -0.4 is 10.1 Å². The molecular weight excluding hydrogens is 217 g/mol. The molecule has 2 nitrogen and oxygen atoms in total. The first-order valence-electron chi connectivity index (χ1n) is 6.20. The molecule has 1 saturated carbocycles. The van der Waals surface area contributed by atoms with Gasteiger partial charge in [0.25, 0.3) is 0 Å². The molecule has 0 unspecified atom stereocenters. The van der Waals surface area contributed by atoms with E-state index in [0.717, 1.165) is 12.0 Å². The molecule has 0 aromatic heterocycles. The van der Waals surface area contributed by atoms with Gasteiger partial charge in [-0.05, 0) is 44.0 Å². The summed E-state index contributed by atoms with van der Waals surface area (Å²) in [7, 11) is 3.50. The fourth-order valence-electron chi connectivity index (χ4n) is 2.78. The van der Waals surface area contributed by atoms with Crippen LogP contribution in [0.5, 0.6) is 5.75 Å². The van der Waals surface area contributed by atoms with Crippen molar-refractivity contribution in [2.45, 2.75) is 37.6 Å². The van der Waals surface area contributed by atoms with Gasteiger partial charge in [0.05, 0.1) is 7.11 Å². The fourth-order valence-corrected chi connectivity index (χ4v) is 2.78. The third-order valence-electron chi connectivity index (χ3n) is 3.85. The summed E-state index contributed by atoms with van der Waals surface area (Å²) in [5, 5.41) is 3.42. The van der Waals surface area contributed by atoms with E-state index in [1.807, 2.05) is 13.1 Å². The maximum Gasteiger partial charge on any atom is 0.165 e. The van der Waals surface area contributed by atoms with Crippen LogP contribution in [0.3, 0.4) is 0 Å². The van der Waals surface area contributed by atoms with Crippen molar-refractivity contribution in [1.29, 1.82) is 0 Å². The second kappa shape index (κ2) is 5.05. The number of hydrogen-bond acceptors (Lipinski definition) is 2. The van der Waals surface area contributed by atoms with Crippen molar-refractivity contribution in [3.8, 4) is 5.75 Å². The Morgan fingerprint density at radius 3 is 2.59 bits per heavy atom. The van der Waals surface area contributed by atoms with Gasteiger partial charge in [-0.1, -0.05) is 18.9 Å². The standard InChI is InChI=1S/C14H20FNO/c1-16-14(7-3-4-8-14)10-11-5-6-13(17-2)12(15)9-11/h5-6,9,16H,3-4,7-8,10H2,1-2H3. The van der Waals surface area contributed by atoms with Gasteiger partial charge in [0.1, 0.15) is 0 Å². The second-order valence-electron chi connectivity index (χ2n) is 4.88. The largest absolute Gasteiger partial charge is 0.494 e. The molecule has 0 heterocycles. The van der Waals surface area contributed by atoms with E-state index in [2.05, 4.69) is 5.32 Å².